The lowest BCUT2D eigenvalue weighted by molar-refractivity contribution is -0.129. The van der Waals surface area contributed by atoms with E-state index in [1.54, 1.807) is 17.9 Å². The van der Waals surface area contributed by atoms with Crippen LogP contribution in [0, 0.1) is 5.41 Å². The van der Waals surface area contributed by atoms with E-state index in [1.807, 2.05) is 31.2 Å². The van der Waals surface area contributed by atoms with Gasteiger partial charge in [-0.15, -0.1) is 0 Å². The van der Waals surface area contributed by atoms with E-state index in [-0.39, 0.29) is 30.6 Å². The van der Waals surface area contributed by atoms with Gasteiger partial charge < -0.3 is 20.5 Å². The fraction of sp³-hybridized carbons (Fsp3) is 0.429. The number of carbonyl (C=O) groups is 1. The molecule has 1 fully saturated rings. The van der Waals surface area contributed by atoms with E-state index >= 15 is 0 Å². The fourth-order valence-electron chi connectivity index (χ4n) is 4.02. The van der Waals surface area contributed by atoms with Crippen molar-refractivity contribution in [2.24, 2.45) is 5.41 Å². The number of carbonyl (C=O) groups excluding carboxylic acids is 1. The van der Waals surface area contributed by atoms with Crippen molar-refractivity contribution in [3.8, 4) is 11.4 Å². The van der Waals surface area contributed by atoms with Gasteiger partial charge in [0, 0.05) is 24.7 Å². The number of aromatic nitrogens is 4. The van der Waals surface area contributed by atoms with E-state index in [0.717, 1.165) is 30.3 Å². The third kappa shape index (κ3) is 4.35. The van der Waals surface area contributed by atoms with Gasteiger partial charge in [0.1, 0.15) is 17.0 Å². The maximum Gasteiger partial charge on any atom is 0.225 e. The molecule has 0 saturated heterocycles. The van der Waals surface area contributed by atoms with Crippen LogP contribution in [0.5, 0.6) is 5.75 Å². The highest BCUT2D eigenvalue weighted by atomic mass is 79.9. The first-order valence-corrected chi connectivity index (χ1v) is 11.0. The number of rotatable bonds is 7. The highest BCUT2D eigenvalue weighted by Gasteiger charge is 2.40. The Morgan fingerprint density at radius 2 is 2.16 bits per heavy atom. The molecule has 9 nitrogen and oxygen atoms in total. The molecule has 0 unspecified atom stereocenters. The first-order chi connectivity index (χ1) is 14.9. The van der Waals surface area contributed by atoms with Crippen LogP contribution in [-0.2, 0) is 4.79 Å². The van der Waals surface area contributed by atoms with E-state index in [2.05, 4.69) is 36.6 Å². The van der Waals surface area contributed by atoms with Crippen LogP contribution in [0.25, 0.3) is 16.7 Å². The van der Waals surface area contributed by atoms with Crippen LogP contribution in [0.2, 0.25) is 0 Å². The first kappa shape index (κ1) is 21.5. The van der Waals surface area contributed by atoms with Crippen molar-refractivity contribution in [2.75, 3.05) is 25.6 Å². The SMILES string of the molecule is CNC(=O)[C@]1(C)CC[C@@H](Nc2ncc3c(Br)nn(-c4ccc(OCCO)cc4)c3n2)C1. The van der Waals surface area contributed by atoms with Gasteiger partial charge in [0.25, 0.3) is 0 Å². The molecule has 2 heterocycles. The summed E-state index contributed by atoms with van der Waals surface area (Å²) in [6.45, 7) is 2.21. The van der Waals surface area contributed by atoms with Gasteiger partial charge in [-0.25, -0.2) is 9.67 Å². The van der Waals surface area contributed by atoms with Gasteiger partial charge in [0.2, 0.25) is 11.9 Å². The number of aliphatic hydroxyl groups is 1. The Bertz CT molecular complexity index is 1090. The molecule has 1 aliphatic rings. The summed E-state index contributed by atoms with van der Waals surface area (Å²) in [6.07, 6.45) is 4.17. The molecular formula is C21H25BrN6O3. The second-order valence-electron chi connectivity index (χ2n) is 7.92. The quantitative estimate of drug-likeness (QED) is 0.468. The summed E-state index contributed by atoms with van der Waals surface area (Å²) in [5.74, 6) is 1.25. The molecule has 10 heteroatoms. The van der Waals surface area contributed by atoms with E-state index in [1.165, 1.54) is 0 Å². The normalized spacial score (nSPS) is 20.7. The number of amides is 1. The van der Waals surface area contributed by atoms with Crippen LogP contribution < -0.4 is 15.4 Å². The average molecular weight is 489 g/mol. The minimum Gasteiger partial charge on any atom is -0.491 e. The highest BCUT2D eigenvalue weighted by molar-refractivity contribution is 9.10. The van der Waals surface area contributed by atoms with Crippen LogP contribution in [0.3, 0.4) is 0 Å². The second-order valence-corrected chi connectivity index (χ2v) is 8.67. The number of benzene rings is 1. The van der Waals surface area contributed by atoms with Gasteiger partial charge in [-0.05, 0) is 59.5 Å². The molecule has 4 rings (SSSR count). The van der Waals surface area contributed by atoms with Crippen LogP contribution in [0.1, 0.15) is 26.2 Å². The molecule has 3 N–H and O–H groups in total. The average Bonchev–Trinajstić information content (AvgIpc) is 3.32. The number of aliphatic hydroxyl groups excluding tert-OH is 1. The van der Waals surface area contributed by atoms with Crippen molar-refractivity contribution >= 4 is 38.8 Å². The number of hydrogen-bond donors (Lipinski definition) is 3. The predicted octanol–water partition coefficient (Wildman–Crippen LogP) is 2.67. The van der Waals surface area contributed by atoms with Gasteiger partial charge >= 0.3 is 0 Å². The van der Waals surface area contributed by atoms with E-state index in [0.29, 0.717) is 21.9 Å². The maximum atomic E-state index is 12.2. The molecule has 0 spiro atoms. The van der Waals surface area contributed by atoms with Gasteiger partial charge in [0.15, 0.2) is 5.65 Å². The summed E-state index contributed by atoms with van der Waals surface area (Å²) in [7, 11) is 1.68. The summed E-state index contributed by atoms with van der Waals surface area (Å²) >= 11 is 3.49. The van der Waals surface area contributed by atoms with Crippen molar-refractivity contribution in [3.63, 3.8) is 0 Å². The number of nitrogens with one attached hydrogen (secondary N) is 2. The molecule has 3 aromatic rings. The topological polar surface area (TPSA) is 114 Å². The molecule has 1 amide bonds. The Morgan fingerprint density at radius 1 is 1.39 bits per heavy atom. The van der Waals surface area contributed by atoms with Crippen molar-refractivity contribution in [1.82, 2.24) is 25.1 Å². The zero-order valence-corrected chi connectivity index (χ0v) is 19.0. The fourth-order valence-corrected chi connectivity index (χ4v) is 4.46. The highest BCUT2D eigenvalue weighted by Crippen LogP contribution is 2.39. The molecule has 2 atom stereocenters. The standard InChI is InChI=1S/C21H25BrN6O3/c1-21(19(30)23-2)8-7-13(11-21)25-20-24-12-16-17(22)27-28(18(16)26-20)14-3-5-15(6-4-14)31-10-9-29/h3-6,12-13,29H,7-11H2,1-2H3,(H,23,30)(H,24,25,26)/t13-,21-/m1/s1. The summed E-state index contributed by atoms with van der Waals surface area (Å²) in [5.41, 5.74) is 1.12. The van der Waals surface area contributed by atoms with E-state index in [4.69, 9.17) is 14.8 Å². The molecular weight excluding hydrogens is 464 g/mol. The van der Waals surface area contributed by atoms with Crippen LogP contribution in [0.15, 0.2) is 35.1 Å². The third-order valence-electron chi connectivity index (χ3n) is 5.67. The molecule has 1 saturated carbocycles. The zero-order valence-electron chi connectivity index (χ0n) is 17.4. The maximum absolute atomic E-state index is 12.2. The number of anilines is 1. The van der Waals surface area contributed by atoms with Crippen LogP contribution in [0.4, 0.5) is 5.95 Å². The van der Waals surface area contributed by atoms with Crippen molar-refractivity contribution in [3.05, 3.63) is 35.1 Å². The smallest absolute Gasteiger partial charge is 0.225 e. The molecule has 31 heavy (non-hydrogen) atoms. The van der Waals surface area contributed by atoms with Crippen LogP contribution >= 0.6 is 15.9 Å². The van der Waals surface area contributed by atoms with Gasteiger partial charge in [-0.1, -0.05) is 6.92 Å². The Balaban J connectivity index is 1.57. The lowest BCUT2D eigenvalue weighted by atomic mass is 9.87. The third-order valence-corrected chi connectivity index (χ3v) is 6.26. The van der Waals surface area contributed by atoms with Gasteiger partial charge in [0.05, 0.1) is 17.7 Å². The molecule has 0 aliphatic heterocycles. The summed E-state index contributed by atoms with van der Waals surface area (Å²) in [5, 5.41) is 20.4. The second kappa shape index (κ2) is 8.80. The number of hydrogen-bond acceptors (Lipinski definition) is 7. The van der Waals surface area contributed by atoms with Crippen molar-refractivity contribution in [1.29, 1.82) is 0 Å². The summed E-state index contributed by atoms with van der Waals surface area (Å²) in [6, 6.07) is 7.54. The largest absolute Gasteiger partial charge is 0.491 e. The lowest BCUT2D eigenvalue weighted by Gasteiger charge is -2.22. The Labute approximate surface area is 188 Å². The van der Waals surface area contributed by atoms with Gasteiger partial charge in [-0.2, -0.15) is 10.1 Å². The van der Waals surface area contributed by atoms with Crippen molar-refractivity contribution in [2.45, 2.75) is 32.2 Å². The van der Waals surface area contributed by atoms with Gasteiger partial charge in [-0.3, -0.25) is 4.79 Å². The number of halogens is 1. The molecule has 1 aliphatic carbocycles. The molecule has 2 aromatic heterocycles. The summed E-state index contributed by atoms with van der Waals surface area (Å²) in [4.78, 5) is 21.3. The molecule has 0 radical (unpaired) electrons. The van der Waals surface area contributed by atoms with E-state index < -0.39 is 0 Å². The zero-order chi connectivity index (χ0) is 22.0. The number of fused-ring (bicyclic) bond motifs is 1. The lowest BCUT2D eigenvalue weighted by Crippen LogP contribution is -2.35. The van der Waals surface area contributed by atoms with Crippen molar-refractivity contribution < 1.29 is 14.6 Å². The summed E-state index contributed by atoms with van der Waals surface area (Å²) < 4.78 is 7.82. The first-order valence-electron chi connectivity index (χ1n) is 10.2. The minimum absolute atomic E-state index is 0.0333. The molecule has 0 bridgehead atoms. The Morgan fingerprint density at radius 3 is 2.87 bits per heavy atom. The molecule has 164 valence electrons. The molecule has 1 aromatic carbocycles. The van der Waals surface area contributed by atoms with E-state index in [9.17, 15) is 4.79 Å². The van der Waals surface area contributed by atoms with Crippen LogP contribution in [-0.4, -0.2) is 57.1 Å². The minimum atomic E-state index is -0.374. The number of ether oxygens (including phenoxy) is 1. The Kier molecular flexibility index (Phi) is 6.10. The number of nitrogens with zero attached hydrogens (tertiary/aromatic N) is 4. The monoisotopic (exact) mass is 488 g/mol. The predicted molar refractivity (Wildman–Crippen MR) is 120 cm³/mol. The Hall–Kier alpha value is -2.72.